The summed E-state index contributed by atoms with van der Waals surface area (Å²) in [6.07, 6.45) is 0.754. The highest BCUT2D eigenvalue weighted by Gasteiger charge is 2.22. The molecule has 0 radical (unpaired) electrons. The Hall–Kier alpha value is -0.873. The van der Waals surface area contributed by atoms with Gasteiger partial charge in [-0.05, 0) is 50.3 Å². The standard InChI is InChI=1S/C12H18FNOSi/c1-16(2,3)15-12-5-4-11(13)9-6-7-14-8-10(9)12/h4-5,14H,6-8H2,1-3H3. The molecule has 88 valence electrons. The molecule has 0 bridgehead atoms. The fourth-order valence-electron chi connectivity index (χ4n) is 1.96. The van der Waals surface area contributed by atoms with Gasteiger partial charge in [-0.25, -0.2) is 4.39 Å². The van der Waals surface area contributed by atoms with Crippen LogP contribution in [-0.2, 0) is 13.0 Å². The van der Waals surface area contributed by atoms with Crippen LogP contribution in [0.3, 0.4) is 0 Å². The van der Waals surface area contributed by atoms with Crippen molar-refractivity contribution in [2.75, 3.05) is 6.54 Å². The Morgan fingerprint density at radius 3 is 2.69 bits per heavy atom. The Labute approximate surface area is 96.9 Å². The molecule has 0 unspecified atom stereocenters. The first kappa shape index (κ1) is 11.6. The van der Waals surface area contributed by atoms with Gasteiger partial charge in [0.1, 0.15) is 11.6 Å². The van der Waals surface area contributed by atoms with E-state index in [0.717, 1.165) is 29.8 Å². The Kier molecular flexibility index (Phi) is 3.03. The van der Waals surface area contributed by atoms with Crippen molar-refractivity contribution >= 4 is 8.32 Å². The SMILES string of the molecule is C[Si](C)(C)Oc1ccc(F)c2c1CNCC2. The summed E-state index contributed by atoms with van der Waals surface area (Å²) in [5.74, 6) is 0.766. The maximum atomic E-state index is 13.6. The maximum Gasteiger partial charge on any atom is 0.242 e. The zero-order chi connectivity index (χ0) is 11.8. The molecule has 1 aromatic rings. The maximum absolute atomic E-state index is 13.6. The van der Waals surface area contributed by atoms with Gasteiger partial charge in [0, 0.05) is 12.1 Å². The van der Waals surface area contributed by atoms with Crippen molar-refractivity contribution in [1.82, 2.24) is 5.32 Å². The summed E-state index contributed by atoms with van der Waals surface area (Å²) < 4.78 is 19.6. The fourth-order valence-corrected chi connectivity index (χ4v) is 2.81. The Morgan fingerprint density at radius 2 is 2.00 bits per heavy atom. The minimum Gasteiger partial charge on any atom is -0.544 e. The Balaban J connectivity index is 2.39. The molecular formula is C12H18FNOSi. The summed E-state index contributed by atoms with van der Waals surface area (Å²) in [4.78, 5) is 0. The van der Waals surface area contributed by atoms with Gasteiger partial charge in [0.05, 0.1) is 0 Å². The van der Waals surface area contributed by atoms with Crippen LogP contribution < -0.4 is 9.74 Å². The monoisotopic (exact) mass is 239 g/mol. The molecule has 0 saturated heterocycles. The first-order valence-corrected chi connectivity index (χ1v) is 9.08. The third kappa shape index (κ3) is 2.44. The first-order chi connectivity index (χ1) is 7.47. The molecule has 1 aromatic carbocycles. The van der Waals surface area contributed by atoms with Crippen molar-refractivity contribution in [3.05, 3.63) is 29.1 Å². The van der Waals surface area contributed by atoms with E-state index in [4.69, 9.17) is 4.43 Å². The van der Waals surface area contributed by atoms with Crippen LogP contribution in [0, 0.1) is 5.82 Å². The first-order valence-electron chi connectivity index (χ1n) is 5.67. The Bertz CT molecular complexity index is 401. The van der Waals surface area contributed by atoms with Crippen LogP contribution in [-0.4, -0.2) is 14.9 Å². The minimum absolute atomic E-state index is 0.0978. The molecule has 1 aliphatic heterocycles. The summed E-state index contributed by atoms with van der Waals surface area (Å²) >= 11 is 0. The zero-order valence-electron chi connectivity index (χ0n) is 10.1. The third-order valence-corrected chi connectivity index (χ3v) is 3.43. The lowest BCUT2D eigenvalue weighted by atomic mass is 10.00. The van der Waals surface area contributed by atoms with E-state index in [-0.39, 0.29) is 5.82 Å². The second-order valence-corrected chi connectivity index (χ2v) is 9.57. The molecule has 1 heterocycles. The third-order valence-electron chi connectivity index (χ3n) is 2.60. The number of nitrogens with one attached hydrogen (secondary N) is 1. The summed E-state index contributed by atoms with van der Waals surface area (Å²) in [6, 6.07) is 3.29. The summed E-state index contributed by atoms with van der Waals surface area (Å²) in [6.45, 7) is 7.98. The van der Waals surface area contributed by atoms with E-state index in [1.165, 1.54) is 6.07 Å². The van der Waals surface area contributed by atoms with Crippen molar-refractivity contribution in [3.8, 4) is 5.75 Å². The summed E-state index contributed by atoms with van der Waals surface area (Å²) in [5, 5.41) is 3.26. The highest BCUT2D eigenvalue weighted by Crippen LogP contribution is 2.29. The predicted molar refractivity (Wildman–Crippen MR) is 65.8 cm³/mol. The van der Waals surface area contributed by atoms with Crippen LogP contribution in [0.15, 0.2) is 12.1 Å². The smallest absolute Gasteiger partial charge is 0.242 e. The van der Waals surface area contributed by atoms with Gasteiger partial charge in [0.2, 0.25) is 8.32 Å². The van der Waals surface area contributed by atoms with Gasteiger partial charge in [0.15, 0.2) is 0 Å². The van der Waals surface area contributed by atoms with E-state index < -0.39 is 8.32 Å². The predicted octanol–water partition coefficient (Wildman–Crippen LogP) is 2.69. The van der Waals surface area contributed by atoms with Gasteiger partial charge in [-0.2, -0.15) is 0 Å². The summed E-state index contributed by atoms with van der Waals surface area (Å²) in [7, 11) is -1.62. The highest BCUT2D eigenvalue weighted by atomic mass is 28.4. The normalized spacial score (nSPS) is 15.8. The van der Waals surface area contributed by atoms with E-state index >= 15 is 0 Å². The van der Waals surface area contributed by atoms with Gasteiger partial charge in [0.25, 0.3) is 0 Å². The number of fused-ring (bicyclic) bond motifs is 1. The topological polar surface area (TPSA) is 21.3 Å². The van der Waals surface area contributed by atoms with Crippen LogP contribution >= 0.6 is 0 Å². The largest absolute Gasteiger partial charge is 0.544 e. The van der Waals surface area contributed by atoms with E-state index in [1.54, 1.807) is 6.07 Å². The lowest BCUT2D eigenvalue weighted by molar-refractivity contribution is 0.514. The molecule has 1 aliphatic rings. The molecule has 0 aliphatic carbocycles. The van der Waals surface area contributed by atoms with Crippen LogP contribution in [0.25, 0.3) is 0 Å². The molecule has 0 spiro atoms. The molecule has 0 fully saturated rings. The van der Waals surface area contributed by atoms with Gasteiger partial charge in [-0.3, -0.25) is 0 Å². The number of halogens is 1. The molecule has 0 atom stereocenters. The molecule has 2 rings (SSSR count). The quantitative estimate of drug-likeness (QED) is 0.801. The van der Waals surface area contributed by atoms with E-state index in [2.05, 4.69) is 25.0 Å². The second kappa shape index (κ2) is 4.18. The van der Waals surface area contributed by atoms with Crippen molar-refractivity contribution in [1.29, 1.82) is 0 Å². The van der Waals surface area contributed by atoms with Crippen LogP contribution in [0.1, 0.15) is 11.1 Å². The molecule has 1 N–H and O–H groups in total. The molecule has 0 saturated carbocycles. The van der Waals surface area contributed by atoms with Gasteiger partial charge < -0.3 is 9.74 Å². The van der Waals surface area contributed by atoms with E-state index in [9.17, 15) is 4.39 Å². The van der Waals surface area contributed by atoms with Gasteiger partial charge >= 0.3 is 0 Å². The molecule has 0 aromatic heterocycles. The minimum atomic E-state index is -1.62. The fraction of sp³-hybridized carbons (Fsp3) is 0.500. The molecule has 16 heavy (non-hydrogen) atoms. The number of hydrogen-bond donors (Lipinski definition) is 1. The van der Waals surface area contributed by atoms with Crippen LogP contribution in [0.4, 0.5) is 4.39 Å². The molecular weight excluding hydrogens is 221 g/mol. The highest BCUT2D eigenvalue weighted by molar-refractivity contribution is 6.70. The zero-order valence-corrected chi connectivity index (χ0v) is 11.1. The lowest BCUT2D eigenvalue weighted by Crippen LogP contribution is -2.32. The number of rotatable bonds is 2. The second-order valence-electron chi connectivity index (χ2n) is 5.14. The average molecular weight is 239 g/mol. The lowest BCUT2D eigenvalue weighted by Gasteiger charge is -2.26. The van der Waals surface area contributed by atoms with Crippen molar-refractivity contribution < 1.29 is 8.82 Å². The number of benzene rings is 1. The average Bonchev–Trinajstić information content (AvgIpc) is 2.21. The molecule has 4 heteroatoms. The molecule has 2 nitrogen and oxygen atoms in total. The van der Waals surface area contributed by atoms with Crippen LogP contribution in [0.5, 0.6) is 5.75 Å². The Morgan fingerprint density at radius 1 is 1.25 bits per heavy atom. The van der Waals surface area contributed by atoms with Crippen LogP contribution in [0.2, 0.25) is 19.6 Å². The van der Waals surface area contributed by atoms with Crippen molar-refractivity contribution in [2.45, 2.75) is 32.6 Å². The van der Waals surface area contributed by atoms with Crippen molar-refractivity contribution in [2.24, 2.45) is 0 Å². The summed E-state index contributed by atoms with van der Waals surface area (Å²) in [5.41, 5.74) is 1.84. The van der Waals surface area contributed by atoms with Crippen molar-refractivity contribution in [3.63, 3.8) is 0 Å². The van der Waals surface area contributed by atoms with E-state index in [1.807, 2.05) is 0 Å². The van der Waals surface area contributed by atoms with Gasteiger partial charge in [-0.15, -0.1) is 0 Å². The van der Waals surface area contributed by atoms with E-state index in [0.29, 0.717) is 6.54 Å². The van der Waals surface area contributed by atoms with Gasteiger partial charge in [-0.1, -0.05) is 0 Å². The number of hydrogen-bond acceptors (Lipinski definition) is 2. The molecule has 0 amide bonds.